The largest absolute Gasteiger partial charge is 0.480 e. The number of unbranched alkanes of at least 4 members (excludes halogenated alkanes) is 1. The van der Waals surface area contributed by atoms with Crippen LogP contribution in [0.1, 0.15) is 33.1 Å². The van der Waals surface area contributed by atoms with Crippen LogP contribution in [0, 0.1) is 0 Å². The molecule has 7 heteroatoms. The first-order chi connectivity index (χ1) is 10.0. The molecule has 1 heterocycles. The molecule has 118 valence electrons. The van der Waals surface area contributed by atoms with Gasteiger partial charge in [-0.2, -0.15) is 0 Å². The second-order valence-corrected chi connectivity index (χ2v) is 5.02. The standard InChI is InChI=1S/C14H24N4O3/c1-3-12(2)18(10-13(19)20)14(21)16-6-4-5-8-17-9-7-15-11-17/h7,9,11-12H,3-6,8,10H2,1-2H3,(H,16,21)(H,19,20). The van der Waals surface area contributed by atoms with Gasteiger partial charge in [-0.05, 0) is 26.2 Å². The van der Waals surface area contributed by atoms with Crippen molar-refractivity contribution in [1.82, 2.24) is 19.8 Å². The average Bonchev–Trinajstić information content (AvgIpc) is 2.96. The number of amides is 2. The second kappa shape index (κ2) is 8.99. The number of urea groups is 1. The Hall–Kier alpha value is -2.05. The Morgan fingerprint density at radius 1 is 1.43 bits per heavy atom. The van der Waals surface area contributed by atoms with E-state index >= 15 is 0 Å². The molecule has 0 bridgehead atoms. The smallest absolute Gasteiger partial charge is 0.323 e. The Kier molecular flexibility index (Phi) is 7.28. The van der Waals surface area contributed by atoms with Crippen molar-refractivity contribution in [2.75, 3.05) is 13.1 Å². The fourth-order valence-corrected chi connectivity index (χ4v) is 1.93. The van der Waals surface area contributed by atoms with Crippen molar-refractivity contribution in [2.45, 2.75) is 45.7 Å². The minimum Gasteiger partial charge on any atom is -0.480 e. The SMILES string of the molecule is CCC(C)N(CC(=O)O)C(=O)NCCCCn1ccnc1. The third-order valence-electron chi connectivity index (χ3n) is 3.37. The summed E-state index contributed by atoms with van der Waals surface area (Å²) in [6.45, 7) is 4.91. The lowest BCUT2D eigenvalue weighted by Gasteiger charge is -2.27. The molecule has 0 aliphatic heterocycles. The van der Waals surface area contributed by atoms with Gasteiger partial charge in [-0.25, -0.2) is 9.78 Å². The molecule has 1 rings (SSSR count). The van der Waals surface area contributed by atoms with Gasteiger partial charge in [0.15, 0.2) is 0 Å². The molecule has 0 saturated carbocycles. The van der Waals surface area contributed by atoms with E-state index < -0.39 is 5.97 Å². The Morgan fingerprint density at radius 2 is 2.19 bits per heavy atom. The van der Waals surface area contributed by atoms with Gasteiger partial charge < -0.3 is 19.9 Å². The molecule has 0 aliphatic rings. The molecule has 1 atom stereocenters. The van der Waals surface area contributed by atoms with E-state index in [0.29, 0.717) is 6.54 Å². The molecule has 0 spiro atoms. The number of carbonyl (C=O) groups is 2. The van der Waals surface area contributed by atoms with E-state index in [1.807, 2.05) is 24.6 Å². The first-order valence-electron chi connectivity index (χ1n) is 7.26. The lowest BCUT2D eigenvalue weighted by atomic mass is 10.2. The van der Waals surface area contributed by atoms with Crippen molar-refractivity contribution in [3.63, 3.8) is 0 Å². The van der Waals surface area contributed by atoms with Gasteiger partial charge in [-0.15, -0.1) is 0 Å². The number of carbonyl (C=O) groups excluding carboxylic acids is 1. The van der Waals surface area contributed by atoms with Gasteiger partial charge in [0, 0.05) is 31.5 Å². The number of aromatic nitrogens is 2. The number of carboxylic acids is 1. The number of carboxylic acid groups (broad SMARTS) is 1. The predicted octanol–water partition coefficient (Wildman–Crippen LogP) is 1.56. The summed E-state index contributed by atoms with van der Waals surface area (Å²) < 4.78 is 1.98. The highest BCUT2D eigenvalue weighted by Crippen LogP contribution is 2.04. The Balaban J connectivity index is 2.27. The van der Waals surface area contributed by atoms with E-state index in [-0.39, 0.29) is 18.6 Å². The van der Waals surface area contributed by atoms with Crippen molar-refractivity contribution in [2.24, 2.45) is 0 Å². The third-order valence-corrected chi connectivity index (χ3v) is 3.37. The summed E-state index contributed by atoms with van der Waals surface area (Å²) in [5.74, 6) is -0.995. The van der Waals surface area contributed by atoms with Crippen molar-refractivity contribution < 1.29 is 14.7 Å². The normalized spacial score (nSPS) is 11.9. The number of aryl methyl sites for hydroxylation is 1. The maximum atomic E-state index is 12.0. The highest BCUT2D eigenvalue weighted by molar-refractivity contribution is 5.80. The highest BCUT2D eigenvalue weighted by atomic mass is 16.4. The van der Waals surface area contributed by atoms with Gasteiger partial charge in [0.1, 0.15) is 6.54 Å². The van der Waals surface area contributed by atoms with E-state index in [1.165, 1.54) is 4.90 Å². The topological polar surface area (TPSA) is 87.5 Å². The van der Waals surface area contributed by atoms with Crippen LogP contribution in [0.2, 0.25) is 0 Å². The predicted molar refractivity (Wildman–Crippen MR) is 79.0 cm³/mol. The quantitative estimate of drug-likeness (QED) is 0.677. The molecule has 0 aromatic carbocycles. The summed E-state index contributed by atoms with van der Waals surface area (Å²) in [5.41, 5.74) is 0. The van der Waals surface area contributed by atoms with Gasteiger partial charge in [0.25, 0.3) is 0 Å². The number of aliphatic carboxylic acids is 1. The van der Waals surface area contributed by atoms with Gasteiger partial charge in [-0.3, -0.25) is 4.79 Å². The fourth-order valence-electron chi connectivity index (χ4n) is 1.93. The number of hydrogen-bond donors (Lipinski definition) is 2. The number of nitrogens with zero attached hydrogens (tertiary/aromatic N) is 3. The lowest BCUT2D eigenvalue weighted by Crippen LogP contribution is -2.47. The van der Waals surface area contributed by atoms with Crippen LogP contribution in [0.25, 0.3) is 0 Å². The fraction of sp³-hybridized carbons (Fsp3) is 0.643. The molecule has 1 unspecified atom stereocenters. The van der Waals surface area contributed by atoms with Gasteiger partial charge >= 0.3 is 12.0 Å². The Bertz CT molecular complexity index is 433. The zero-order chi connectivity index (χ0) is 15.7. The van der Waals surface area contributed by atoms with E-state index in [0.717, 1.165) is 25.8 Å². The zero-order valence-corrected chi connectivity index (χ0v) is 12.7. The molecule has 0 saturated heterocycles. The monoisotopic (exact) mass is 296 g/mol. The Morgan fingerprint density at radius 3 is 2.76 bits per heavy atom. The van der Waals surface area contributed by atoms with E-state index in [9.17, 15) is 9.59 Å². The average molecular weight is 296 g/mol. The minimum atomic E-state index is -0.995. The Labute approximate surface area is 125 Å². The van der Waals surface area contributed by atoms with Crippen LogP contribution in [0.5, 0.6) is 0 Å². The van der Waals surface area contributed by atoms with Crippen LogP contribution >= 0.6 is 0 Å². The van der Waals surface area contributed by atoms with Crippen molar-refractivity contribution >= 4 is 12.0 Å². The van der Waals surface area contributed by atoms with E-state index in [4.69, 9.17) is 5.11 Å². The molecule has 0 aliphatic carbocycles. The molecule has 1 aromatic rings. The number of nitrogens with one attached hydrogen (secondary N) is 1. The molecule has 7 nitrogen and oxygen atoms in total. The summed E-state index contributed by atoms with van der Waals surface area (Å²) in [4.78, 5) is 28.1. The minimum absolute atomic E-state index is 0.0907. The lowest BCUT2D eigenvalue weighted by molar-refractivity contribution is -0.138. The zero-order valence-electron chi connectivity index (χ0n) is 12.7. The molecule has 0 radical (unpaired) electrons. The van der Waals surface area contributed by atoms with Gasteiger partial charge in [-0.1, -0.05) is 6.92 Å². The molecule has 2 amide bonds. The summed E-state index contributed by atoms with van der Waals surface area (Å²) >= 11 is 0. The van der Waals surface area contributed by atoms with Crippen molar-refractivity contribution in [1.29, 1.82) is 0 Å². The first-order valence-corrected chi connectivity index (χ1v) is 7.26. The van der Waals surface area contributed by atoms with Crippen LogP contribution < -0.4 is 5.32 Å². The second-order valence-electron chi connectivity index (χ2n) is 5.02. The van der Waals surface area contributed by atoms with Crippen LogP contribution in [-0.2, 0) is 11.3 Å². The van der Waals surface area contributed by atoms with Crippen LogP contribution in [0.3, 0.4) is 0 Å². The van der Waals surface area contributed by atoms with Crippen LogP contribution in [0.4, 0.5) is 4.79 Å². The maximum Gasteiger partial charge on any atom is 0.323 e. The molecular weight excluding hydrogens is 272 g/mol. The van der Waals surface area contributed by atoms with Crippen molar-refractivity contribution in [3.05, 3.63) is 18.7 Å². The maximum absolute atomic E-state index is 12.0. The van der Waals surface area contributed by atoms with Crippen LogP contribution in [0.15, 0.2) is 18.7 Å². The molecule has 2 N–H and O–H groups in total. The number of imidazole rings is 1. The molecule has 0 fully saturated rings. The van der Waals surface area contributed by atoms with E-state index in [1.54, 1.807) is 12.5 Å². The third kappa shape index (κ3) is 6.29. The summed E-state index contributed by atoms with van der Waals surface area (Å²) in [7, 11) is 0. The number of hydrogen-bond acceptors (Lipinski definition) is 3. The summed E-state index contributed by atoms with van der Waals surface area (Å²) in [6.07, 6.45) is 7.88. The van der Waals surface area contributed by atoms with Crippen molar-refractivity contribution in [3.8, 4) is 0 Å². The molecule has 21 heavy (non-hydrogen) atoms. The van der Waals surface area contributed by atoms with E-state index in [2.05, 4.69) is 10.3 Å². The highest BCUT2D eigenvalue weighted by Gasteiger charge is 2.20. The van der Waals surface area contributed by atoms with Gasteiger partial charge in [0.05, 0.1) is 6.33 Å². The number of rotatable bonds is 9. The molecule has 1 aromatic heterocycles. The first kappa shape index (κ1) is 17.0. The van der Waals surface area contributed by atoms with Crippen LogP contribution in [-0.4, -0.2) is 50.7 Å². The van der Waals surface area contributed by atoms with Gasteiger partial charge in [0.2, 0.25) is 0 Å². The molecular formula is C14H24N4O3. The summed E-state index contributed by atoms with van der Waals surface area (Å²) in [5, 5.41) is 11.6. The summed E-state index contributed by atoms with van der Waals surface area (Å²) in [6, 6.07) is -0.401.